The molecule has 0 spiro atoms. The highest BCUT2D eigenvalue weighted by atomic mass is 17.0. The molecule has 6 heteroatoms. The van der Waals surface area contributed by atoms with Crippen LogP contribution in [0.15, 0.2) is 20.0 Å². The summed E-state index contributed by atoms with van der Waals surface area (Å²) in [7, 11) is 0. The number of hydrogen-bond acceptors (Lipinski definition) is 4. The summed E-state index contributed by atoms with van der Waals surface area (Å²) in [4.78, 5) is 20.2. The molecule has 1 amide bonds. The number of rotatable bonds is 2. The number of carboxylic acid groups (broad SMARTS) is 1. The van der Waals surface area contributed by atoms with Gasteiger partial charge in [0.1, 0.15) is 0 Å². The van der Waals surface area contributed by atoms with E-state index in [1.165, 1.54) is 0 Å². The minimum absolute atomic E-state index is 0.0684. The number of amides is 1. The average Bonchev–Trinajstić information content (AvgIpc) is 2.31. The SMILES string of the molecule is O=C(O)NCc1cc(=O)oo1. The van der Waals surface area contributed by atoms with Gasteiger partial charge in [-0.05, 0) is 0 Å². The quantitative estimate of drug-likeness (QED) is 0.592. The molecule has 0 bridgehead atoms. The molecule has 0 saturated carbocycles. The molecule has 60 valence electrons. The summed E-state index contributed by atoms with van der Waals surface area (Å²) in [5, 5.41) is 10.1. The van der Waals surface area contributed by atoms with E-state index in [0.29, 0.717) is 0 Å². The van der Waals surface area contributed by atoms with E-state index in [1.54, 1.807) is 0 Å². The Kier molecular flexibility index (Phi) is 1.95. The molecule has 0 aliphatic rings. The third-order valence-corrected chi connectivity index (χ3v) is 0.924. The maximum absolute atomic E-state index is 10.3. The second-order valence-corrected chi connectivity index (χ2v) is 1.76. The van der Waals surface area contributed by atoms with Crippen LogP contribution in [0.4, 0.5) is 4.79 Å². The normalized spacial score (nSPS) is 9.45. The van der Waals surface area contributed by atoms with E-state index in [9.17, 15) is 9.59 Å². The zero-order valence-corrected chi connectivity index (χ0v) is 5.36. The van der Waals surface area contributed by atoms with Crippen molar-refractivity contribution in [3.63, 3.8) is 0 Å². The molecule has 0 saturated heterocycles. The number of carbonyl (C=O) groups is 1. The zero-order chi connectivity index (χ0) is 8.27. The minimum atomic E-state index is -1.19. The lowest BCUT2D eigenvalue weighted by molar-refractivity contribution is 0.0370. The predicted molar refractivity (Wildman–Crippen MR) is 32.1 cm³/mol. The van der Waals surface area contributed by atoms with Crippen molar-refractivity contribution < 1.29 is 19.1 Å². The Morgan fingerprint density at radius 2 is 2.36 bits per heavy atom. The molecule has 1 heterocycles. The third-order valence-electron chi connectivity index (χ3n) is 0.924. The lowest BCUT2D eigenvalue weighted by Gasteiger charge is -1.91. The Bertz CT molecular complexity index is 298. The van der Waals surface area contributed by atoms with Crippen molar-refractivity contribution in [2.24, 2.45) is 0 Å². The van der Waals surface area contributed by atoms with Crippen LogP contribution >= 0.6 is 0 Å². The Balaban J connectivity index is 2.51. The molecule has 0 aromatic carbocycles. The minimum Gasteiger partial charge on any atom is -0.465 e. The van der Waals surface area contributed by atoms with Gasteiger partial charge in [-0.15, -0.1) is 0 Å². The van der Waals surface area contributed by atoms with Gasteiger partial charge in [-0.3, -0.25) is 4.58 Å². The second-order valence-electron chi connectivity index (χ2n) is 1.76. The van der Waals surface area contributed by atoms with Crippen LogP contribution < -0.4 is 10.9 Å². The molecule has 0 fully saturated rings. The van der Waals surface area contributed by atoms with Gasteiger partial charge in [0, 0.05) is 0 Å². The fraction of sp³-hybridized carbons (Fsp3) is 0.200. The summed E-state index contributed by atoms with van der Waals surface area (Å²) in [6, 6.07) is 1.07. The Morgan fingerprint density at radius 1 is 1.64 bits per heavy atom. The van der Waals surface area contributed by atoms with Gasteiger partial charge < -0.3 is 10.4 Å². The van der Waals surface area contributed by atoms with Crippen LogP contribution in [0.3, 0.4) is 0 Å². The first-order chi connectivity index (χ1) is 5.18. The fourth-order valence-electron chi connectivity index (χ4n) is 0.517. The highest BCUT2D eigenvalue weighted by molar-refractivity contribution is 5.64. The summed E-state index contributed by atoms with van der Waals surface area (Å²) in [6.45, 7) is -0.0684. The number of nitrogens with one attached hydrogen (secondary N) is 1. The molecule has 1 aromatic rings. The average molecular weight is 159 g/mol. The first-order valence-electron chi connectivity index (χ1n) is 2.74. The maximum atomic E-state index is 10.3. The van der Waals surface area contributed by atoms with Crippen LogP contribution in [0.5, 0.6) is 0 Å². The Morgan fingerprint density at radius 3 is 2.82 bits per heavy atom. The predicted octanol–water partition coefficient (Wildman–Crippen LogP) is 0.000400. The molecule has 0 aliphatic heterocycles. The maximum Gasteiger partial charge on any atom is 0.405 e. The van der Waals surface area contributed by atoms with E-state index in [0.717, 1.165) is 6.07 Å². The number of hydrogen-bond donors (Lipinski definition) is 2. The Labute approximate surface area is 60.4 Å². The fourth-order valence-corrected chi connectivity index (χ4v) is 0.517. The van der Waals surface area contributed by atoms with E-state index in [4.69, 9.17) is 5.11 Å². The smallest absolute Gasteiger partial charge is 0.405 e. The van der Waals surface area contributed by atoms with Crippen LogP contribution in [-0.2, 0) is 6.54 Å². The standard InChI is InChI=1S/C5H5NO5/c7-4-1-3(10-11-4)2-6-5(8)9/h1,6H,2H2,(H,8,9). The second kappa shape index (κ2) is 2.91. The molecule has 0 aliphatic carbocycles. The molecular formula is C5H5NO5. The van der Waals surface area contributed by atoms with Crippen LogP contribution in [-0.4, -0.2) is 11.2 Å². The van der Waals surface area contributed by atoms with Crippen LogP contribution in [0, 0.1) is 0 Å². The van der Waals surface area contributed by atoms with Crippen LogP contribution in [0.2, 0.25) is 0 Å². The molecule has 6 nitrogen and oxygen atoms in total. The van der Waals surface area contributed by atoms with Crippen molar-refractivity contribution >= 4 is 6.09 Å². The van der Waals surface area contributed by atoms with Gasteiger partial charge >= 0.3 is 11.7 Å². The van der Waals surface area contributed by atoms with Crippen molar-refractivity contribution in [2.75, 3.05) is 0 Å². The third kappa shape index (κ3) is 2.17. The summed E-state index contributed by atoms with van der Waals surface area (Å²) >= 11 is 0. The van der Waals surface area contributed by atoms with Crippen LogP contribution in [0.1, 0.15) is 5.76 Å². The van der Waals surface area contributed by atoms with E-state index in [1.807, 2.05) is 5.32 Å². The van der Waals surface area contributed by atoms with Gasteiger partial charge in [-0.25, -0.2) is 14.2 Å². The first kappa shape index (κ1) is 7.39. The van der Waals surface area contributed by atoms with Crippen molar-refractivity contribution in [3.05, 3.63) is 22.2 Å². The highest BCUT2D eigenvalue weighted by Gasteiger charge is 2.02. The molecule has 2 N–H and O–H groups in total. The summed E-state index contributed by atoms with van der Waals surface area (Å²) < 4.78 is 8.33. The highest BCUT2D eigenvalue weighted by Crippen LogP contribution is 1.92. The first-order valence-corrected chi connectivity index (χ1v) is 2.74. The van der Waals surface area contributed by atoms with Crippen molar-refractivity contribution in [1.82, 2.24) is 5.32 Å². The largest absolute Gasteiger partial charge is 0.465 e. The molecular weight excluding hydrogens is 154 g/mol. The van der Waals surface area contributed by atoms with E-state index >= 15 is 0 Å². The van der Waals surface area contributed by atoms with Crippen molar-refractivity contribution in [3.8, 4) is 0 Å². The van der Waals surface area contributed by atoms with E-state index in [2.05, 4.69) is 9.15 Å². The molecule has 1 rings (SSSR count). The summed E-state index contributed by atoms with van der Waals surface area (Å²) in [5.41, 5.74) is -0.632. The molecule has 0 radical (unpaired) electrons. The van der Waals surface area contributed by atoms with E-state index in [-0.39, 0.29) is 12.3 Å². The van der Waals surface area contributed by atoms with Gasteiger partial charge in [0.15, 0.2) is 5.76 Å². The lowest BCUT2D eigenvalue weighted by Crippen LogP contribution is -2.19. The van der Waals surface area contributed by atoms with Gasteiger partial charge in [-0.1, -0.05) is 0 Å². The topological polar surface area (TPSA) is 92.7 Å². The van der Waals surface area contributed by atoms with Crippen molar-refractivity contribution in [2.45, 2.75) is 6.54 Å². The van der Waals surface area contributed by atoms with Crippen molar-refractivity contribution in [1.29, 1.82) is 0 Å². The summed E-state index contributed by atoms with van der Waals surface area (Å²) in [5.74, 6) is 0.150. The summed E-state index contributed by atoms with van der Waals surface area (Å²) in [6.07, 6.45) is -1.19. The van der Waals surface area contributed by atoms with Gasteiger partial charge in [0.25, 0.3) is 0 Å². The lowest BCUT2D eigenvalue weighted by atomic mass is 10.4. The molecule has 0 atom stereocenters. The van der Waals surface area contributed by atoms with Gasteiger partial charge in [-0.2, -0.15) is 0 Å². The molecule has 0 unspecified atom stereocenters. The molecule has 11 heavy (non-hydrogen) atoms. The van der Waals surface area contributed by atoms with Gasteiger partial charge in [0.2, 0.25) is 0 Å². The zero-order valence-electron chi connectivity index (χ0n) is 5.36. The molecule has 1 aromatic heterocycles. The monoisotopic (exact) mass is 159 g/mol. The van der Waals surface area contributed by atoms with Gasteiger partial charge in [0.05, 0.1) is 12.6 Å². The Hall–Kier alpha value is -1.72. The van der Waals surface area contributed by atoms with Crippen LogP contribution in [0.25, 0.3) is 0 Å². The van der Waals surface area contributed by atoms with E-state index < -0.39 is 11.7 Å².